The lowest BCUT2D eigenvalue weighted by atomic mass is 9.89. The summed E-state index contributed by atoms with van der Waals surface area (Å²) in [7, 11) is 1.37. The molecule has 2 aromatic heterocycles. The number of aryl methyl sites for hydroxylation is 2. The largest absolute Gasteiger partial charge is 0.435 e. The molecule has 0 aliphatic carbocycles. The molecule has 184 valence electrons. The second-order valence-corrected chi connectivity index (χ2v) is 9.84. The number of benzene rings is 1. The summed E-state index contributed by atoms with van der Waals surface area (Å²) in [5.41, 5.74) is 0.179. The Morgan fingerprint density at radius 1 is 1.11 bits per heavy atom. The summed E-state index contributed by atoms with van der Waals surface area (Å²) in [6.45, 7) is 2.73. The number of halogens is 3. The van der Waals surface area contributed by atoms with Crippen LogP contribution in [-0.2, 0) is 18.0 Å². The first kappa shape index (κ1) is 24.7. The van der Waals surface area contributed by atoms with Crippen molar-refractivity contribution < 1.29 is 22.8 Å². The summed E-state index contributed by atoms with van der Waals surface area (Å²) < 4.78 is 40.7. The van der Waals surface area contributed by atoms with Crippen LogP contribution in [0.2, 0.25) is 0 Å². The highest BCUT2D eigenvalue weighted by Gasteiger charge is 2.40. The van der Waals surface area contributed by atoms with E-state index in [4.69, 9.17) is 0 Å². The summed E-state index contributed by atoms with van der Waals surface area (Å²) in [4.78, 5) is 28.6. The van der Waals surface area contributed by atoms with Gasteiger partial charge in [-0.2, -0.15) is 18.3 Å². The Kier molecular flexibility index (Phi) is 7.11. The van der Waals surface area contributed by atoms with E-state index in [1.807, 2.05) is 43.3 Å². The lowest BCUT2D eigenvalue weighted by Gasteiger charge is -2.32. The normalized spacial score (nSPS) is 15.1. The molecular weight excluding hydrogens is 477 g/mol. The number of anilines is 1. The first-order valence-electron chi connectivity index (χ1n) is 11.2. The zero-order chi connectivity index (χ0) is 25.2. The van der Waals surface area contributed by atoms with Crippen LogP contribution in [0.25, 0.3) is 6.08 Å². The number of nitrogens with zero attached hydrogens (tertiary/aromatic N) is 3. The van der Waals surface area contributed by atoms with Gasteiger partial charge in [-0.3, -0.25) is 14.3 Å². The van der Waals surface area contributed by atoms with E-state index >= 15 is 0 Å². The number of alkyl halides is 3. The van der Waals surface area contributed by atoms with Crippen LogP contribution in [0.1, 0.15) is 50.1 Å². The van der Waals surface area contributed by atoms with E-state index in [9.17, 15) is 22.8 Å². The maximum absolute atomic E-state index is 13.2. The predicted octanol–water partition coefficient (Wildman–Crippen LogP) is 5.48. The highest BCUT2D eigenvalue weighted by atomic mass is 32.1. The second kappa shape index (κ2) is 10.1. The Morgan fingerprint density at radius 3 is 2.40 bits per heavy atom. The number of nitrogens with one attached hydrogen (secondary N) is 1. The number of hydrogen-bond acceptors (Lipinski definition) is 4. The molecule has 0 spiro atoms. The molecule has 1 saturated heterocycles. The minimum absolute atomic E-state index is 0.182. The number of carbonyl (C=O) groups excluding carboxylic acids is 2. The van der Waals surface area contributed by atoms with E-state index < -0.39 is 23.3 Å². The first-order chi connectivity index (χ1) is 16.6. The number of aromatic nitrogens is 2. The summed E-state index contributed by atoms with van der Waals surface area (Å²) in [5, 5.41) is 6.26. The molecule has 0 saturated carbocycles. The SMILES string of the molecule is Cc1ccc(/C=C/C(=O)Nc2ccc(C3CCN(C(=O)c4cn(C)nc4C(F)(F)F)CC3)cc2)s1. The number of rotatable bonds is 5. The van der Waals surface area contributed by atoms with Crippen LogP contribution in [-0.4, -0.2) is 39.6 Å². The molecule has 0 bridgehead atoms. The van der Waals surface area contributed by atoms with E-state index in [-0.39, 0.29) is 11.8 Å². The lowest BCUT2D eigenvalue weighted by molar-refractivity contribution is -0.141. The van der Waals surface area contributed by atoms with Gasteiger partial charge in [0, 0.05) is 47.9 Å². The molecule has 4 rings (SSSR count). The Bertz CT molecular complexity index is 1240. The van der Waals surface area contributed by atoms with Crippen LogP contribution in [0, 0.1) is 6.92 Å². The van der Waals surface area contributed by atoms with Crippen LogP contribution in [0.5, 0.6) is 0 Å². The molecule has 3 heterocycles. The topological polar surface area (TPSA) is 67.2 Å². The van der Waals surface area contributed by atoms with Crippen molar-refractivity contribution in [3.63, 3.8) is 0 Å². The van der Waals surface area contributed by atoms with Gasteiger partial charge < -0.3 is 10.2 Å². The number of hydrogen-bond donors (Lipinski definition) is 1. The molecule has 6 nitrogen and oxygen atoms in total. The third-order valence-electron chi connectivity index (χ3n) is 5.92. The molecule has 1 aliphatic rings. The van der Waals surface area contributed by atoms with Crippen LogP contribution < -0.4 is 5.32 Å². The quantitative estimate of drug-likeness (QED) is 0.470. The number of thiophene rings is 1. The summed E-state index contributed by atoms with van der Waals surface area (Å²) in [6, 6.07) is 11.5. The molecule has 1 aliphatic heterocycles. The smallest absolute Gasteiger partial charge is 0.338 e. The van der Waals surface area contributed by atoms with Gasteiger partial charge in [0.05, 0.1) is 5.56 Å². The summed E-state index contributed by atoms with van der Waals surface area (Å²) >= 11 is 1.61. The zero-order valence-corrected chi connectivity index (χ0v) is 20.1. The van der Waals surface area contributed by atoms with Crippen molar-refractivity contribution in [3.05, 3.63) is 75.2 Å². The first-order valence-corrected chi connectivity index (χ1v) is 12.0. The molecule has 1 aromatic carbocycles. The van der Waals surface area contributed by atoms with Gasteiger partial charge in [0.1, 0.15) is 0 Å². The van der Waals surface area contributed by atoms with Crippen LogP contribution in [0.15, 0.2) is 48.7 Å². The number of carbonyl (C=O) groups is 2. The van der Waals surface area contributed by atoms with Gasteiger partial charge >= 0.3 is 6.18 Å². The molecule has 0 radical (unpaired) electrons. The predicted molar refractivity (Wildman–Crippen MR) is 129 cm³/mol. The van der Waals surface area contributed by atoms with Gasteiger partial charge in [0.2, 0.25) is 5.91 Å². The third kappa shape index (κ3) is 6.00. The average molecular weight is 503 g/mol. The van der Waals surface area contributed by atoms with E-state index in [1.54, 1.807) is 17.4 Å². The van der Waals surface area contributed by atoms with Gasteiger partial charge in [0.25, 0.3) is 5.91 Å². The summed E-state index contributed by atoms with van der Waals surface area (Å²) in [5.74, 6) is -0.682. The second-order valence-electron chi connectivity index (χ2n) is 8.52. The fraction of sp³-hybridized carbons (Fsp3) is 0.320. The minimum atomic E-state index is -4.68. The van der Waals surface area contributed by atoms with Crippen LogP contribution in [0.4, 0.5) is 18.9 Å². The van der Waals surface area contributed by atoms with Crippen molar-refractivity contribution in [2.75, 3.05) is 18.4 Å². The van der Waals surface area contributed by atoms with Crippen molar-refractivity contribution in [1.29, 1.82) is 0 Å². The number of amides is 2. The van der Waals surface area contributed by atoms with Crippen molar-refractivity contribution in [2.45, 2.75) is 31.9 Å². The number of piperidine rings is 1. The van der Waals surface area contributed by atoms with E-state index in [1.165, 1.54) is 22.9 Å². The Morgan fingerprint density at radius 2 is 1.80 bits per heavy atom. The molecule has 0 unspecified atom stereocenters. The van der Waals surface area contributed by atoms with E-state index in [0.717, 1.165) is 21.3 Å². The fourth-order valence-corrected chi connectivity index (χ4v) is 4.94. The Balaban J connectivity index is 1.32. The molecule has 2 amide bonds. The third-order valence-corrected chi connectivity index (χ3v) is 6.89. The van der Waals surface area contributed by atoms with Crippen molar-refractivity contribution in [3.8, 4) is 0 Å². The van der Waals surface area contributed by atoms with E-state index in [0.29, 0.717) is 31.6 Å². The van der Waals surface area contributed by atoms with Gasteiger partial charge in [0.15, 0.2) is 5.69 Å². The van der Waals surface area contributed by atoms with Crippen molar-refractivity contribution in [2.24, 2.45) is 7.05 Å². The molecule has 10 heteroatoms. The standard InChI is InChI=1S/C25H25F3N4O2S/c1-16-3-8-20(35-16)9-10-22(33)29-19-6-4-17(5-7-19)18-11-13-32(14-12-18)24(34)21-15-31(2)30-23(21)25(26,27)28/h3-10,15,18H,11-14H2,1-2H3,(H,29,33)/b10-9+. The average Bonchev–Trinajstić information content (AvgIpc) is 3.43. The Hall–Kier alpha value is -3.40. The van der Waals surface area contributed by atoms with Crippen LogP contribution >= 0.6 is 11.3 Å². The van der Waals surface area contributed by atoms with Crippen molar-refractivity contribution >= 4 is 34.9 Å². The summed E-state index contributed by atoms with van der Waals surface area (Å²) in [6.07, 6.45) is 1.00. The highest BCUT2D eigenvalue weighted by Crippen LogP contribution is 2.33. The van der Waals surface area contributed by atoms with Crippen LogP contribution in [0.3, 0.4) is 0 Å². The fourth-order valence-electron chi connectivity index (χ4n) is 4.16. The van der Waals surface area contributed by atoms with Crippen molar-refractivity contribution in [1.82, 2.24) is 14.7 Å². The molecule has 0 atom stereocenters. The number of likely N-dealkylation sites (tertiary alicyclic amines) is 1. The van der Waals surface area contributed by atoms with Gasteiger partial charge in [-0.05, 0) is 61.6 Å². The van der Waals surface area contributed by atoms with E-state index in [2.05, 4.69) is 10.4 Å². The molecule has 35 heavy (non-hydrogen) atoms. The zero-order valence-electron chi connectivity index (χ0n) is 19.3. The highest BCUT2D eigenvalue weighted by molar-refractivity contribution is 7.12. The molecule has 1 N–H and O–H groups in total. The molecule has 1 fully saturated rings. The van der Waals surface area contributed by atoms with Gasteiger partial charge in [-0.25, -0.2) is 0 Å². The maximum Gasteiger partial charge on any atom is 0.435 e. The monoisotopic (exact) mass is 502 g/mol. The molecular formula is C25H25F3N4O2S. The molecule has 3 aromatic rings. The lowest BCUT2D eigenvalue weighted by Crippen LogP contribution is -2.38. The Labute approximate surface area is 205 Å². The minimum Gasteiger partial charge on any atom is -0.338 e. The van der Waals surface area contributed by atoms with Gasteiger partial charge in [-0.15, -0.1) is 11.3 Å². The van der Waals surface area contributed by atoms with Gasteiger partial charge in [-0.1, -0.05) is 12.1 Å². The maximum atomic E-state index is 13.2.